The molecular weight excluding hydrogens is 434 g/mol. The highest BCUT2D eigenvalue weighted by Crippen LogP contribution is 2.40. The second kappa shape index (κ2) is 9.63. The number of benzene rings is 3. The van der Waals surface area contributed by atoms with E-state index in [2.05, 4.69) is 71.5 Å². The van der Waals surface area contributed by atoms with Gasteiger partial charge < -0.3 is 10.0 Å². The molecule has 0 saturated heterocycles. The Morgan fingerprint density at radius 1 is 1.06 bits per heavy atom. The van der Waals surface area contributed by atoms with Crippen LogP contribution in [0.2, 0.25) is 0 Å². The highest BCUT2D eigenvalue weighted by Gasteiger charge is 2.29. The van der Waals surface area contributed by atoms with Gasteiger partial charge in [-0.2, -0.15) is 5.10 Å². The molecule has 0 fully saturated rings. The van der Waals surface area contributed by atoms with E-state index in [1.807, 2.05) is 36.3 Å². The molecule has 1 aromatic heterocycles. The number of nitrogens with zero attached hydrogens (tertiary/aromatic N) is 3. The predicted octanol–water partition coefficient (Wildman–Crippen LogP) is 5.90. The third kappa shape index (κ3) is 4.76. The van der Waals surface area contributed by atoms with Gasteiger partial charge in [0, 0.05) is 37.1 Å². The van der Waals surface area contributed by atoms with Gasteiger partial charge in [0.15, 0.2) is 0 Å². The van der Waals surface area contributed by atoms with Gasteiger partial charge in [0.2, 0.25) is 0 Å². The minimum Gasteiger partial charge on any atom is -0.478 e. The highest BCUT2D eigenvalue weighted by molar-refractivity contribution is 5.85. The van der Waals surface area contributed by atoms with E-state index < -0.39 is 5.97 Å². The van der Waals surface area contributed by atoms with Crippen molar-refractivity contribution >= 4 is 17.7 Å². The molecule has 176 valence electrons. The Morgan fingerprint density at radius 3 is 2.49 bits per heavy atom. The van der Waals surface area contributed by atoms with Crippen LogP contribution in [0.25, 0.3) is 17.2 Å². The Balaban J connectivity index is 1.56. The lowest BCUT2D eigenvalue weighted by Gasteiger charge is -2.40. The van der Waals surface area contributed by atoms with Crippen LogP contribution in [0.15, 0.2) is 85.2 Å². The summed E-state index contributed by atoms with van der Waals surface area (Å²) in [6.45, 7) is 3.09. The molecule has 1 aliphatic heterocycles. The van der Waals surface area contributed by atoms with Crippen LogP contribution in [-0.4, -0.2) is 27.4 Å². The van der Waals surface area contributed by atoms with E-state index in [0.717, 1.165) is 30.5 Å². The summed E-state index contributed by atoms with van der Waals surface area (Å²) in [6.07, 6.45) is 8.75. The molecule has 0 amide bonds. The third-order valence-electron chi connectivity index (χ3n) is 6.76. The number of hydrogen-bond donors (Lipinski definition) is 1. The van der Waals surface area contributed by atoms with E-state index in [9.17, 15) is 4.79 Å². The predicted molar refractivity (Wildman–Crippen MR) is 140 cm³/mol. The molecule has 3 aromatic carbocycles. The van der Waals surface area contributed by atoms with Gasteiger partial charge in [-0.1, -0.05) is 61.5 Å². The lowest BCUT2D eigenvalue weighted by molar-refractivity contribution is -0.131. The van der Waals surface area contributed by atoms with E-state index in [0.29, 0.717) is 0 Å². The maximum atomic E-state index is 10.9. The Labute approximate surface area is 206 Å². The topological polar surface area (TPSA) is 58.4 Å². The van der Waals surface area contributed by atoms with Crippen LogP contribution in [0.4, 0.5) is 5.69 Å². The fourth-order valence-corrected chi connectivity index (χ4v) is 4.89. The SMILES string of the molecule is CCc1ccc(N2CCc3cc(-c4cnn(C)c4)ccc3C2c2ccc(/C=C/C(=O)O)cc2)cc1. The number of carbonyl (C=O) groups is 1. The fourth-order valence-electron chi connectivity index (χ4n) is 4.89. The van der Waals surface area contributed by atoms with Gasteiger partial charge in [-0.3, -0.25) is 4.68 Å². The van der Waals surface area contributed by atoms with Crippen molar-refractivity contribution in [2.75, 3.05) is 11.4 Å². The number of carboxylic acids is 1. The number of hydrogen-bond acceptors (Lipinski definition) is 3. The average molecular weight is 464 g/mol. The first kappa shape index (κ1) is 22.7. The van der Waals surface area contributed by atoms with E-state index in [-0.39, 0.29) is 6.04 Å². The molecule has 4 aromatic rings. The molecule has 0 bridgehead atoms. The average Bonchev–Trinajstić information content (AvgIpc) is 3.33. The van der Waals surface area contributed by atoms with Crippen molar-refractivity contribution in [3.05, 3.63) is 113 Å². The lowest BCUT2D eigenvalue weighted by Crippen LogP contribution is -2.36. The first-order chi connectivity index (χ1) is 17.0. The summed E-state index contributed by atoms with van der Waals surface area (Å²) < 4.78 is 1.83. The first-order valence-electron chi connectivity index (χ1n) is 12.0. The maximum Gasteiger partial charge on any atom is 0.328 e. The monoisotopic (exact) mass is 463 g/mol. The number of anilines is 1. The Morgan fingerprint density at radius 2 is 1.83 bits per heavy atom. The van der Waals surface area contributed by atoms with Crippen molar-refractivity contribution in [1.29, 1.82) is 0 Å². The largest absolute Gasteiger partial charge is 0.478 e. The molecule has 35 heavy (non-hydrogen) atoms. The zero-order valence-corrected chi connectivity index (χ0v) is 20.1. The molecule has 1 aliphatic rings. The summed E-state index contributed by atoms with van der Waals surface area (Å²) in [6, 6.07) is 23.9. The molecule has 0 spiro atoms. The summed E-state index contributed by atoms with van der Waals surface area (Å²) in [5.74, 6) is -0.943. The van der Waals surface area contributed by atoms with Crippen molar-refractivity contribution in [3.8, 4) is 11.1 Å². The smallest absolute Gasteiger partial charge is 0.328 e. The van der Waals surface area contributed by atoms with Crippen LogP contribution in [0.3, 0.4) is 0 Å². The number of rotatable bonds is 6. The standard InChI is InChI=1S/C30H29N3O2/c1-3-21-6-12-27(13-7-21)33-17-16-25-18-24(26-19-31-32(2)20-26)11-14-28(25)30(33)23-9-4-22(5-10-23)8-15-29(34)35/h4-15,18-20,30H,3,16-17H2,1-2H3,(H,34,35)/b15-8+. The Bertz CT molecular complexity index is 1370. The van der Waals surface area contributed by atoms with Gasteiger partial charge in [-0.25, -0.2) is 4.79 Å². The van der Waals surface area contributed by atoms with Gasteiger partial charge in [0.1, 0.15) is 0 Å². The van der Waals surface area contributed by atoms with Gasteiger partial charge in [0.25, 0.3) is 0 Å². The molecule has 0 saturated carbocycles. The summed E-state index contributed by atoms with van der Waals surface area (Å²) in [5, 5.41) is 13.3. The van der Waals surface area contributed by atoms with E-state index in [4.69, 9.17) is 5.11 Å². The van der Waals surface area contributed by atoms with Crippen LogP contribution in [-0.2, 0) is 24.7 Å². The molecule has 0 aliphatic carbocycles. The summed E-state index contributed by atoms with van der Waals surface area (Å²) >= 11 is 0. The van der Waals surface area contributed by atoms with Crippen molar-refractivity contribution in [1.82, 2.24) is 9.78 Å². The quantitative estimate of drug-likeness (QED) is 0.362. The number of aliphatic carboxylic acids is 1. The minimum absolute atomic E-state index is 0.0756. The Hall–Kier alpha value is -4.12. The van der Waals surface area contributed by atoms with Gasteiger partial charge in [0.05, 0.1) is 12.2 Å². The van der Waals surface area contributed by atoms with E-state index >= 15 is 0 Å². The lowest BCUT2D eigenvalue weighted by atomic mass is 9.86. The molecule has 5 nitrogen and oxygen atoms in total. The first-order valence-corrected chi connectivity index (χ1v) is 12.0. The van der Waals surface area contributed by atoms with Crippen molar-refractivity contribution in [3.63, 3.8) is 0 Å². The summed E-state index contributed by atoms with van der Waals surface area (Å²) in [5.41, 5.74) is 9.57. The zero-order chi connectivity index (χ0) is 24.4. The Kier molecular flexibility index (Phi) is 6.23. The molecular formula is C30H29N3O2. The molecule has 5 heteroatoms. The number of carboxylic acid groups (broad SMARTS) is 1. The third-order valence-corrected chi connectivity index (χ3v) is 6.76. The molecule has 1 N–H and O–H groups in total. The fraction of sp³-hybridized carbons (Fsp3) is 0.200. The number of aryl methyl sites for hydroxylation is 2. The molecule has 5 rings (SSSR count). The summed E-state index contributed by atoms with van der Waals surface area (Å²) in [4.78, 5) is 13.4. The number of aromatic nitrogens is 2. The molecule has 1 unspecified atom stereocenters. The van der Waals surface area contributed by atoms with Crippen molar-refractivity contribution in [2.45, 2.75) is 25.8 Å². The molecule has 2 heterocycles. The van der Waals surface area contributed by atoms with Crippen LogP contribution >= 0.6 is 0 Å². The second-order valence-electron chi connectivity index (χ2n) is 9.02. The van der Waals surface area contributed by atoms with Gasteiger partial charge in [-0.15, -0.1) is 0 Å². The highest BCUT2D eigenvalue weighted by atomic mass is 16.4. The second-order valence-corrected chi connectivity index (χ2v) is 9.02. The zero-order valence-electron chi connectivity index (χ0n) is 20.1. The van der Waals surface area contributed by atoms with Crippen LogP contribution in [0.1, 0.15) is 40.8 Å². The number of fused-ring (bicyclic) bond motifs is 1. The van der Waals surface area contributed by atoms with Gasteiger partial charge >= 0.3 is 5.97 Å². The molecule has 0 radical (unpaired) electrons. The van der Waals surface area contributed by atoms with E-state index in [1.54, 1.807) is 6.08 Å². The normalized spacial score (nSPS) is 15.4. The van der Waals surface area contributed by atoms with E-state index in [1.165, 1.54) is 39.6 Å². The molecule has 1 atom stereocenters. The maximum absolute atomic E-state index is 10.9. The van der Waals surface area contributed by atoms with Crippen molar-refractivity contribution in [2.24, 2.45) is 7.05 Å². The van der Waals surface area contributed by atoms with Gasteiger partial charge in [-0.05, 0) is 64.4 Å². The van der Waals surface area contributed by atoms with Crippen LogP contribution in [0.5, 0.6) is 0 Å². The summed E-state index contributed by atoms with van der Waals surface area (Å²) in [7, 11) is 1.94. The van der Waals surface area contributed by atoms with Crippen LogP contribution in [0, 0.1) is 0 Å². The van der Waals surface area contributed by atoms with Crippen LogP contribution < -0.4 is 4.90 Å². The van der Waals surface area contributed by atoms with Crippen molar-refractivity contribution < 1.29 is 9.90 Å². The minimum atomic E-state index is -0.943.